The summed E-state index contributed by atoms with van der Waals surface area (Å²) in [5.74, 6) is -1.90. The normalized spacial score (nSPS) is 16.9. The number of hydrogen-bond donors (Lipinski definition) is 2. The lowest BCUT2D eigenvalue weighted by Crippen LogP contribution is -2.38. The van der Waals surface area contributed by atoms with E-state index in [0.29, 0.717) is 29.7 Å². The van der Waals surface area contributed by atoms with E-state index in [1.165, 1.54) is 19.1 Å². The Bertz CT molecular complexity index is 1220. The molecule has 184 valence electrons. The minimum absolute atomic E-state index is 0.0140. The Morgan fingerprint density at radius 2 is 1.91 bits per heavy atom. The molecule has 1 fully saturated rings. The molecule has 3 heterocycles. The largest absolute Gasteiger partial charge is 0.346 e. The van der Waals surface area contributed by atoms with E-state index in [0.717, 1.165) is 0 Å². The molecule has 0 saturated carbocycles. The highest BCUT2D eigenvalue weighted by Gasteiger charge is 2.35. The number of carbonyl (C=O) groups excluding carboxylic acids is 1. The number of alkyl halides is 2. The summed E-state index contributed by atoms with van der Waals surface area (Å²) in [6.07, 6.45) is 5.05. The van der Waals surface area contributed by atoms with E-state index in [1.807, 2.05) is 13.1 Å². The van der Waals surface area contributed by atoms with Crippen LogP contribution in [-0.4, -0.2) is 38.1 Å². The molecule has 3 aromatic rings. The number of hydrogen-bond acceptors (Lipinski definition) is 5. The van der Waals surface area contributed by atoms with E-state index in [-0.39, 0.29) is 35.2 Å². The SMILES string of the molecule is C=C(C)C(F)(F)c1ccc(-n2cnc([C@H](C)Nc3nccc(N4C(=O)NC[C@@H]4C(C)C)n3)c2)cc1. The average molecular weight is 482 g/mol. The molecule has 8 nitrogen and oxygen atoms in total. The van der Waals surface area contributed by atoms with Crippen LogP contribution in [0.5, 0.6) is 0 Å². The van der Waals surface area contributed by atoms with Crippen molar-refractivity contribution in [3.05, 3.63) is 72.5 Å². The van der Waals surface area contributed by atoms with Gasteiger partial charge in [0.2, 0.25) is 5.95 Å². The van der Waals surface area contributed by atoms with Crippen LogP contribution in [0.15, 0.2) is 61.2 Å². The molecular weight excluding hydrogens is 452 g/mol. The van der Waals surface area contributed by atoms with Crippen molar-refractivity contribution >= 4 is 17.8 Å². The smallest absolute Gasteiger partial charge is 0.323 e. The monoisotopic (exact) mass is 481 g/mol. The fourth-order valence-electron chi connectivity index (χ4n) is 3.94. The number of rotatable bonds is 8. The second kappa shape index (κ2) is 9.44. The van der Waals surface area contributed by atoms with E-state index in [2.05, 4.69) is 46.0 Å². The maximum absolute atomic E-state index is 14.2. The fraction of sp³-hybridized carbons (Fsp3) is 0.360. The van der Waals surface area contributed by atoms with Crippen LogP contribution in [0, 0.1) is 5.92 Å². The molecule has 2 aromatic heterocycles. The molecule has 0 bridgehead atoms. The van der Waals surface area contributed by atoms with E-state index >= 15 is 0 Å². The minimum Gasteiger partial charge on any atom is -0.346 e. The van der Waals surface area contributed by atoms with E-state index in [4.69, 9.17) is 0 Å². The summed E-state index contributed by atoms with van der Waals surface area (Å²) in [4.78, 5) is 27.3. The number of urea groups is 1. The third-order valence-electron chi connectivity index (χ3n) is 6.13. The molecule has 2 amide bonds. The lowest BCUT2D eigenvalue weighted by atomic mass is 10.0. The predicted molar refractivity (Wildman–Crippen MR) is 131 cm³/mol. The van der Waals surface area contributed by atoms with Gasteiger partial charge in [0, 0.05) is 30.2 Å². The molecule has 4 rings (SSSR count). The lowest BCUT2D eigenvalue weighted by molar-refractivity contribution is 0.0385. The molecule has 10 heteroatoms. The summed E-state index contributed by atoms with van der Waals surface area (Å²) >= 11 is 0. The number of amides is 2. The molecular formula is C25H29F2N7O. The number of nitrogens with zero attached hydrogens (tertiary/aromatic N) is 5. The summed E-state index contributed by atoms with van der Waals surface area (Å²) < 4.78 is 30.1. The summed E-state index contributed by atoms with van der Waals surface area (Å²) in [5, 5.41) is 6.09. The van der Waals surface area contributed by atoms with Gasteiger partial charge < -0.3 is 15.2 Å². The van der Waals surface area contributed by atoms with E-state index < -0.39 is 5.92 Å². The van der Waals surface area contributed by atoms with Crippen molar-refractivity contribution in [1.82, 2.24) is 24.8 Å². The van der Waals surface area contributed by atoms with Gasteiger partial charge in [0.1, 0.15) is 5.82 Å². The van der Waals surface area contributed by atoms with Crippen LogP contribution < -0.4 is 15.5 Å². The zero-order chi connectivity index (χ0) is 25.3. The van der Waals surface area contributed by atoms with Gasteiger partial charge in [-0.05, 0) is 43.5 Å². The Labute approximate surface area is 203 Å². The molecule has 0 aliphatic carbocycles. The second-order valence-electron chi connectivity index (χ2n) is 9.08. The quantitative estimate of drug-likeness (QED) is 0.439. The Morgan fingerprint density at radius 1 is 1.20 bits per heavy atom. The molecule has 2 atom stereocenters. The molecule has 1 aromatic carbocycles. The minimum atomic E-state index is -3.07. The van der Waals surface area contributed by atoms with Crippen LogP contribution in [0.2, 0.25) is 0 Å². The zero-order valence-electron chi connectivity index (χ0n) is 20.2. The molecule has 1 saturated heterocycles. The van der Waals surface area contributed by atoms with Gasteiger partial charge >= 0.3 is 6.03 Å². The fourth-order valence-corrected chi connectivity index (χ4v) is 3.94. The molecule has 0 unspecified atom stereocenters. The van der Waals surface area contributed by atoms with Crippen molar-refractivity contribution in [1.29, 1.82) is 0 Å². The summed E-state index contributed by atoms with van der Waals surface area (Å²) in [6, 6.07) is 7.33. The van der Waals surface area contributed by atoms with Crippen molar-refractivity contribution in [2.45, 2.75) is 45.7 Å². The first kappa shape index (κ1) is 24.3. The predicted octanol–water partition coefficient (Wildman–Crippen LogP) is 5.06. The first-order valence-corrected chi connectivity index (χ1v) is 11.4. The Balaban J connectivity index is 1.48. The standard InChI is InChI=1S/C25H29F2N7O/c1-15(2)21-12-29-24(35)34(21)22-10-11-28-23(32-22)31-17(5)20-13-33(14-30-20)19-8-6-18(7-9-19)25(26,27)16(3)4/h6-11,13-15,17,21H,3,12H2,1-2,4-5H3,(H,29,35)(H,28,31,32)/t17-,21+/m0/s1. The van der Waals surface area contributed by atoms with Gasteiger partial charge in [-0.3, -0.25) is 4.90 Å². The highest BCUT2D eigenvalue weighted by molar-refractivity contribution is 5.94. The summed E-state index contributed by atoms with van der Waals surface area (Å²) in [6.45, 7) is 11.3. The Kier molecular flexibility index (Phi) is 6.56. The van der Waals surface area contributed by atoms with Crippen molar-refractivity contribution < 1.29 is 13.6 Å². The van der Waals surface area contributed by atoms with Gasteiger partial charge in [-0.25, -0.2) is 14.8 Å². The van der Waals surface area contributed by atoms with Crippen molar-refractivity contribution in [3.8, 4) is 5.69 Å². The number of nitrogens with one attached hydrogen (secondary N) is 2. The van der Waals surface area contributed by atoms with Crippen LogP contribution in [0.25, 0.3) is 5.69 Å². The number of aromatic nitrogens is 4. The van der Waals surface area contributed by atoms with Gasteiger partial charge in [-0.2, -0.15) is 13.8 Å². The van der Waals surface area contributed by atoms with Gasteiger partial charge in [0.25, 0.3) is 5.92 Å². The number of carbonyl (C=O) groups is 1. The van der Waals surface area contributed by atoms with Gasteiger partial charge in [0.05, 0.1) is 24.1 Å². The molecule has 1 aliphatic heterocycles. The third-order valence-corrected chi connectivity index (χ3v) is 6.13. The highest BCUT2D eigenvalue weighted by Crippen LogP contribution is 2.34. The van der Waals surface area contributed by atoms with Crippen molar-refractivity contribution in [3.63, 3.8) is 0 Å². The Morgan fingerprint density at radius 3 is 2.57 bits per heavy atom. The van der Waals surface area contributed by atoms with Gasteiger partial charge in [-0.15, -0.1) is 0 Å². The number of imidazole rings is 1. The third kappa shape index (κ3) is 4.87. The maximum atomic E-state index is 14.2. The summed E-state index contributed by atoms with van der Waals surface area (Å²) in [7, 11) is 0. The number of halogens is 2. The van der Waals surface area contributed by atoms with Crippen LogP contribution >= 0.6 is 0 Å². The van der Waals surface area contributed by atoms with Crippen LogP contribution in [0.1, 0.15) is 45.0 Å². The molecule has 2 N–H and O–H groups in total. The van der Waals surface area contributed by atoms with E-state index in [1.54, 1.807) is 40.2 Å². The zero-order valence-corrected chi connectivity index (χ0v) is 20.2. The maximum Gasteiger partial charge on any atom is 0.323 e. The second-order valence-corrected chi connectivity index (χ2v) is 9.08. The lowest BCUT2D eigenvalue weighted by Gasteiger charge is -2.25. The first-order valence-electron chi connectivity index (χ1n) is 11.4. The highest BCUT2D eigenvalue weighted by atomic mass is 19.3. The first-order chi connectivity index (χ1) is 16.6. The van der Waals surface area contributed by atoms with Gasteiger partial charge in [0.15, 0.2) is 0 Å². The molecule has 35 heavy (non-hydrogen) atoms. The van der Waals surface area contributed by atoms with Crippen LogP contribution in [0.3, 0.4) is 0 Å². The Hall–Kier alpha value is -3.82. The van der Waals surface area contributed by atoms with Gasteiger partial charge in [-0.1, -0.05) is 32.6 Å². The van der Waals surface area contributed by atoms with Crippen molar-refractivity contribution in [2.75, 3.05) is 16.8 Å². The molecule has 0 radical (unpaired) electrons. The topological polar surface area (TPSA) is 88.0 Å². The average Bonchev–Trinajstić information content (AvgIpc) is 3.46. The van der Waals surface area contributed by atoms with Crippen molar-refractivity contribution in [2.24, 2.45) is 5.92 Å². The summed E-state index contributed by atoms with van der Waals surface area (Å²) in [5.41, 5.74) is 1.11. The molecule has 1 aliphatic rings. The number of benzene rings is 1. The number of allylic oxidation sites excluding steroid dienone is 1. The van der Waals surface area contributed by atoms with Crippen LogP contribution in [-0.2, 0) is 5.92 Å². The number of anilines is 2. The van der Waals surface area contributed by atoms with Crippen LogP contribution in [0.4, 0.5) is 25.3 Å². The van der Waals surface area contributed by atoms with E-state index in [9.17, 15) is 13.6 Å². The molecule has 0 spiro atoms.